The van der Waals surface area contributed by atoms with Crippen molar-refractivity contribution in [2.75, 3.05) is 33.4 Å². The predicted molar refractivity (Wildman–Crippen MR) is 137 cm³/mol. The number of benzene rings is 2. The second-order valence-corrected chi connectivity index (χ2v) is 9.22. The van der Waals surface area contributed by atoms with E-state index in [1.54, 1.807) is 25.3 Å². The number of amides is 1. The fourth-order valence-electron chi connectivity index (χ4n) is 4.54. The quantitative estimate of drug-likeness (QED) is 0.415. The number of methoxy groups -OCH3 is 1. The molecular weight excluding hydrogens is 461 g/mol. The fourth-order valence-corrected chi connectivity index (χ4v) is 4.54. The smallest absolute Gasteiger partial charge is 0.273 e. The maximum atomic E-state index is 13.8. The molecule has 0 aliphatic carbocycles. The van der Waals surface area contributed by atoms with Crippen molar-refractivity contribution in [2.45, 2.75) is 45.4 Å². The highest BCUT2D eigenvalue weighted by Gasteiger charge is 2.30. The first-order valence-corrected chi connectivity index (χ1v) is 12.4. The highest BCUT2D eigenvalue weighted by Crippen LogP contribution is 2.33. The van der Waals surface area contributed by atoms with E-state index in [9.17, 15) is 9.18 Å². The van der Waals surface area contributed by atoms with E-state index >= 15 is 0 Å². The maximum Gasteiger partial charge on any atom is 0.273 e. The predicted octanol–water partition coefficient (Wildman–Crippen LogP) is 4.58. The number of hydrogen-bond donors (Lipinski definition) is 1. The van der Waals surface area contributed by atoms with Gasteiger partial charge in [-0.05, 0) is 63.1 Å². The molecule has 1 aromatic heterocycles. The van der Waals surface area contributed by atoms with Crippen molar-refractivity contribution in [1.82, 2.24) is 15.2 Å². The Morgan fingerprint density at radius 1 is 1.14 bits per heavy atom. The lowest BCUT2D eigenvalue weighted by molar-refractivity contribution is 0.0567. The van der Waals surface area contributed by atoms with Crippen LogP contribution in [0.1, 0.15) is 42.7 Å². The highest BCUT2D eigenvalue weighted by molar-refractivity contribution is 5.98. The van der Waals surface area contributed by atoms with Crippen molar-refractivity contribution in [3.8, 4) is 11.5 Å². The molecule has 1 amide bonds. The Hall–Kier alpha value is -3.23. The zero-order chi connectivity index (χ0) is 25.5. The normalized spacial score (nSPS) is 15.8. The molecule has 0 bridgehead atoms. The summed E-state index contributed by atoms with van der Waals surface area (Å²) in [5.41, 5.74) is 1.68. The molecule has 1 atom stereocenters. The van der Waals surface area contributed by atoms with Gasteiger partial charge in [0.25, 0.3) is 5.91 Å². The van der Waals surface area contributed by atoms with Gasteiger partial charge in [0.2, 0.25) is 0 Å². The number of carbonyl (C=O) groups is 1. The number of para-hydroxylation sites is 1. The minimum atomic E-state index is -0.297. The van der Waals surface area contributed by atoms with Crippen LogP contribution in [-0.4, -0.2) is 61.3 Å². The summed E-state index contributed by atoms with van der Waals surface area (Å²) in [6, 6.07) is 13.6. The molecule has 4 rings (SSSR count). The summed E-state index contributed by atoms with van der Waals surface area (Å²) < 4.78 is 30.5. The Balaban J connectivity index is 1.71. The third-order valence-electron chi connectivity index (χ3n) is 6.29. The standard InChI is InChI=1S/C28H34FN3O4/c1-19(2)32(22-6-5-13-30-17-22)28(33)24-16-26(35-15-14-34-3)23-7-4-8-25(27(23)31-24)36-18-20-9-11-21(29)12-10-20/h4,7-12,16,19,22,30H,5-6,13-15,17-18H2,1-3H3/t22-/m1/s1. The second-order valence-electron chi connectivity index (χ2n) is 9.22. The SMILES string of the molecule is COCCOc1cc(C(=O)N(C(C)C)[C@@H]2CCCNC2)nc2c(OCc3ccc(F)cc3)cccc12. The second kappa shape index (κ2) is 12.1. The molecule has 36 heavy (non-hydrogen) atoms. The number of nitrogens with zero attached hydrogens (tertiary/aromatic N) is 2. The third-order valence-corrected chi connectivity index (χ3v) is 6.29. The van der Waals surface area contributed by atoms with Gasteiger partial charge < -0.3 is 24.4 Å². The van der Waals surface area contributed by atoms with Crippen LogP contribution in [0.4, 0.5) is 4.39 Å². The van der Waals surface area contributed by atoms with Crippen LogP contribution in [0.25, 0.3) is 10.9 Å². The van der Waals surface area contributed by atoms with E-state index in [-0.39, 0.29) is 30.4 Å². The lowest BCUT2D eigenvalue weighted by Crippen LogP contribution is -2.51. The van der Waals surface area contributed by atoms with Crippen LogP contribution in [0.5, 0.6) is 11.5 Å². The average molecular weight is 496 g/mol. The van der Waals surface area contributed by atoms with Gasteiger partial charge in [-0.25, -0.2) is 9.37 Å². The Bertz CT molecular complexity index is 1160. The summed E-state index contributed by atoms with van der Waals surface area (Å²) in [7, 11) is 1.61. The molecule has 0 saturated carbocycles. The Morgan fingerprint density at radius 2 is 1.94 bits per heavy atom. The maximum absolute atomic E-state index is 13.8. The molecule has 1 fully saturated rings. The number of pyridine rings is 1. The monoisotopic (exact) mass is 495 g/mol. The number of rotatable bonds is 10. The van der Waals surface area contributed by atoms with Gasteiger partial charge in [0.1, 0.15) is 41.7 Å². The van der Waals surface area contributed by atoms with E-state index in [1.807, 2.05) is 36.9 Å². The van der Waals surface area contributed by atoms with Crippen molar-refractivity contribution in [2.24, 2.45) is 0 Å². The molecule has 1 aliphatic rings. The number of fused-ring (bicyclic) bond motifs is 1. The molecule has 3 aromatic rings. The number of piperidine rings is 1. The lowest BCUT2D eigenvalue weighted by Gasteiger charge is -2.37. The molecule has 2 heterocycles. The van der Waals surface area contributed by atoms with E-state index in [4.69, 9.17) is 19.2 Å². The number of aromatic nitrogens is 1. The molecule has 7 nitrogen and oxygen atoms in total. The number of halogens is 1. The van der Waals surface area contributed by atoms with Crippen molar-refractivity contribution >= 4 is 16.8 Å². The molecule has 1 N–H and O–H groups in total. The topological polar surface area (TPSA) is 72.9 Å². The van der Waals surface area contributed by atoms with Gasteiger partial charge in [-0.2, -0.15) is 0 Å². The largest absolute Gasteiger partial charge is 0.490 e. The van der Waals surface area contributed by atoms with Gasteiger partial charge in [0.05, 0.1) is 6.61 Å². The molecule has 192 valence electrons. The first-order chi connectivity index (χ1) is 17.5. The van der Waals surface area contributed by atoms with E-state index in [2.05, 4.69) is 5.32 Å². The van der Waals surface area contributed by atoms with E-state index in [0.29, 0.717) is 35.9 Å². The van der Waals surface area contributed by atoms with Gasteiger partial charge in [0.15, 0.2) is 0 Å². The van der Waals surface area contributed by atoms with Crippen LogP contribution in [0.15, 0.2) is 48.5 Å². The number of hydrogen-bond acceptors (Lipinski definition) is 6. The lowest BCUT2D eigenvalue weighted by atomic mass is 10.0. The zero-order valence-electron chi connectivity index (χ0n) is 21.1. The molecule has 8 heteroatoms. The Labute approximate surface area is 211 Å². The summed E-state index contributed by atoms with van der Waals surface area (Å²) in [5, 5.41) is 4.15. The van der Waals surface area contributed by atoms with Gasteiger partial charge in [-0.15, -0.1) is 0 Å². The van der Waals surface area contributed by atoms with Crippen LogP contribution >= 0.6 is 0 Å². The van der Waals surface area contributed by atoms with Crippen molar-refractivity contribution < 1.29 is 23.4 Å². The Morgan fingerprint density at radius 3 is 2.64 bits per heavy atom. The molecule has 2 aromatic carbocycles. The summed E-state index contributed by atoms with van der Waals surface area (Å²) in [6.07, 6.45) is 1.98. The summed E-state index contributed by atoms with van der Waals surface area (Å²) >= 11 is 0. The van der Waals surface area contributed by atoms with Crippen LogP contribution < -0.4 is 14.8 Å². The van der Waals surface area contributed by atoms with Crippen molar-refractivity contribution in [3.05, 3.63) is 65.6 Å². The van der Waals surface area contributed by atoms with Crippen LogP contribution in [0, 0.1) is 5.82 Å². The number of nitrogens with one attached hydrogen (secondary N) is 1. The molecule has 1 saturated heterocycles. The number of ether oxygens (including phenoxy) is 3. The summed E-state index contributed by atoms with van der Waals surface area (Å²) in [5.74, 6) is 0.650. The van der Waals surface area contributed by atoms with Crippen LogP contribution in [-0.2, 0) is 11.3 Å². The number of carbonyl (C=O) groups excluding carboxylic acids is 1. The molecule has 0 spiro atoms. The average Bonchev–Trinajstić information content (AvgIpc) is 2.89. The zero-order valence-corrected chi connectivity index (χ0v) is 21.1. The fraction of sp³-hybridized carbons (Fsp3) is 0.429. The molecule has 1 aliphatic heterocycles. The third kappa shape index (κ3) is 6.12. The summed E-state index contributed by atoms with van der Waals surface area (Å²) in [4.78, 5) is 20.5. The van der Waals surface area contributed by atoms with E-state index < -0.39 is 0 Å². The van der Waals surface area contributed by atoms with Crippen LogP contribution in [0.2, 0.25) is 0 Å². The molecular formula is C28H34FN3O4. The highest BCUT2D eigenvalue weighted by atomic mass is 19.1. The van der Waals surface area contributed by atoms with E-state index in [0.717, 1.165) is 36.9 Å². The van der Waals surface area contributed by atoms with Gasteiger partial charge in [-0.3, -0.25) is 4.79 Å². The van der Waals surface area contributed by atoms with Gasteiger partial charge >= 0.3 is 0 Å². The first kappa shape index (κ1) is 25.9. The molecule has 0 radical (unpaired) electrons. The molecule has 0 unspecified atom stereocenters. The van der Waals surface area contributed by atoms with Crippen molar-refractivity contribution in [1.29, 1.82) is 0 Å². The van der Waals surface area contributed by atoms with Gasteiger partial charge in [0, 0.05) is 37.2 Å². The first-order valence-electron chi connectivity index (χ1n) is 12.4. The van der Waals surface area contributed by atoms with Crippen molar-refractivity contribution in [3.63, 3.8) is 0 Å². The minimum Gasteiger partial charge on any atom is -0.490 e. The Kier molecular flexibility index (Phi) is 8.72. The minimum absolute atomic E-state index is 0.0164. The summed E-state index contributed by atoms with van der Waals surface area (Å²) in [6.45, 7) is 6.79. The van der Waals surface area contributed by atoms with Crippen LogP contribution in [0.3, 0.4) is 0 Å². The van der Waals surface area contributed by atoms with E-state index in [1.165, 1.54) is 12.1 Å². The van der Waals surface area contributed by atoms with Gasteiger partial charge in [-0.1, -0.05) is 18.2 Å².